The zero-order chi connectivity index (χ0) is 19.7. The molecule has 0 saturated heterocycles. The van der Waals surface area contributed by atoms with Crippen LogP contribution in [0.3, 0.4) is 0 Å². The van der Waals surface area contributed by atoms with Crippen molar-refractivity contribution in [2.75, 3.05) is 7.11 Å². The van der Waals surface area contributed by atoms with Crippen molar-refractivity contribution in [3.8, 4) is 17.0 Å². The minimum absolute atomic E-state index is 0.300. The van der Waals surface area contributed by atoms with E-state index in [1.165, 1.54) is 0 Å². The lowest BCUT2D eigenvalue weighted by Crippen LogP contribution is -2.00. The number of carboxylic acids is 1. The number of carbonyl (C=O) groups is 1. The van der Waals surface area contributed by atoms with Crippen LogP contribution in [-0.2, 0) is 6.42 Å². The summed E-state index contributed by atoms with van der Waals surface area (Å²) in [5.41, 5.74) is 6.09. The highest BCUT2D eigenvalue weighted by Gasteiger charge is 2.16. The molecule has 2 aromatic carbocycles. The van der Waals surface area contributed by atoms with Crippen LogP contribution >= 0.6 is 0 Å². The molecule has 1 N–H and O–H groups in total. The van der Waals surface area contributed by atoms with Crippen LogP contribution in [0.2, 0.25) is 0 Å². The lowest BCUT2D eigenvalue weighted by molar-refractivity contribution is 0.0696. The lowest BCUT2D eigenvalue weighted by Gasteiger charge is -2.07. The standard InChI is InChI=1S/C23H20N2O3/c1-15-10-16(12-18(11-15)23(26)27)13-20-21-9-8-19(28-2)14-25(21)24-22(20)17-6-4-3-5-7-17/h3-12,14H,13H2,1-2H3,(H,26,27). The molecule has 4 aromatic rings. The van der Waals surface area contributed by atoms with Crippen LogP contribution in [0.5, 0.6) is 5.75 Å². The summed E-state index contributed by atoms with van der Waals surface area (Å²) in [5, 5.41) is 14.2. The number of fused-ring (bicyclic) bond motifs is 1. The van der Waals surface area contributed by atoms with Gasteiger partial charge in [0.2, 0.25) is 0 Å². The summed E-state index contributed by atoms with van der Waals surface area (Å²) in [6, 6.07) is 19.3. The largest absolute Gasteiger partial charge is 0.495 e. The zero-order valence-corrected chi connectivity index (χ0v) is 15.7. The van der Waals surface area contributed by atoms with E-state index in [9.17, 15) is 9.90 Å². The van der Waals surface area contributed by atoms with Crippen molar-refractivity contribution in [2.24, 2.45) is 0 Å². The van der Waals surface area contributed by atoms with Crippen LogP contribution in [0.25, 0.3) is 16.8 Å². The Labute approximate surface area is 162 Å². The van der Waals surface area contributed by atoms with E-state index in [0.717, 1.165) is 39.2 Å². The second kappa shape index (κ2) is 7.19. The smallest absolute Gasteiger partial charge is 0.335 e. The average Bonchev–Trinajstić information content (AvgIpc) is 3.05. The Morgan fingerprint density at radius 2 is 1.89 bits per heavy atom. The number of benzene rings is 2. The third-order valence-electron chi connectivity index (χ3n) is 4.75. The number of rotatable bonds is 5. The van der Waals surface area contributed by atoms with E-state index in [1.54, 1.807) is 19.2 Å². The number of carboxylic acid groups (broad SMARTS) is 1. The molecule has 0 unspecified atom stereocenters. The van der Waals surface area contributed by atoms with E-state index in [1.807, 2.05) is 66.2 Å². The molecular weight excluding hydrogens is 352 g/mol. The summed E-state index contributed by atoms with van der Waals surface area (Å²) in [6.07, 6.45) is 2.44. The molecule has 0 fully saturated rings. The van der Waals surface area contributed by atoms with E-state index in [4.69, 9.17) is 9.84 Å². The van der Waals surface area contributed by atoms with E-state index in [0.29, 0.717) is 12.0 Å². The molecule has 0 aliphatic carbocycles. The van der Waals surface area contributed by atoms with Gasteiger partial charge in [0, 0.05) is 17.5 Å². The third kappa shape index (κ3) is 3.34. The first-order valence-corrected chi connectivity index (χ1v) is 8.99. The maximum atomic E-state index is 11.4. The molecule has 4 rings (SSSR count). The SMILES string of the molecule is COc1ccc2c(Cc3cc(C)cc(C(=O)O)c3)c(-c3ccccc3)nn2c1. The number of aryl methyl sites for hydroxylation is 1. The van der Waals surface area contributed by atoms with Gasteiger partial charge in [-0.25, -0.2) is 9.31 Å². The Morgan fingerprint density at radius 3 is 2.61 bits per heavy atom. The Kier molecular flexibility index (Phi) is 4.57. The molecule has 0 aliphatic heterocycles. The molecule has 28 heavy (non-hydrogen) atoms. The van der Waals surface area contributed by atoms with E-state index in [-0.39, 0.29) is 0 Å². The van der Waals surface area contributed by atoms with Crippen molar-refractivity contribution in [3.63, 3.8) is 0 Å². The maximum absolute atomic E-state index is 11.4. The molecule has 140 valence electrons. The molecule has 0 spiro atoms. The predicted octanol–water partition coefficient (Wildman–Crippen LogP) is 4.61. The van der Waals surface area contributed by atoms with Crippen LogP contribution in [0.1, 0.15) is 27.0 Å². The molecule has 0 bridgehead atoms. The molecule has 0 saturated carbocycles. The van der Waals surface area contributed by atoms with Crippen molar-refractivity contribution in [1.82, 2.24) is 9.61 Å². The first-order valence-electron chi connectivity index (χ1n) is 8.99. The van der Waals surface area contributed by atoms with Crippen molar-refractivity contribution < 1.29 is 14.6 Å². The summed E-state index contributed by atoms with van der Waals surface area (Å²) in [7, 11) is 1.63. The van der Waals surface area contributed by atoms with Gasteiger partial charge < -0.3 is 9.84 Å². The molecule has 0 atom stereocenters. The molecule has 2 heterocycles. The van der Waals surface area contributed by atoms with Crippen LogP contribution in [0.15, 0.2) is 66.9 Å². The normalized spacial score (nSPS) is 10.9. The molecule has 0 aliphatic rings. The summed E-state index contributed by atoms with van der Waals surface area (Å²) in [6.45, 7) is 1.91. The lowest BCUT2D eigenvalue weighted by atomic mass is 9.97. The molecule has 0 radical (unpaired) electrons. The van der Waals surface area contributed by atoms with Crippen molar-refractivity contribution in [2.45, 2.75) is 13.3 Å². The van der Waals surface area contributed by atoms with Gasteiger partial charge in [-0.2, -0.15) is 5.10 Å². The van der Waals surface area contributed by atoms with Gasteiger partial charge >= 0.3 is 5.97 Å². The summed E-state index contributed by atoms with van der Waals surface area (Å²) in [5.74, 6) is -0.192. The molecule has 5 nitrogen and oxygen atoms in total. The number of nitrogens with zero attached hydrogens (tertiary/aromatic N) is 2. The third-order valence-corrected chi connectivity index (χ3v) is 4.75. The molecule has 2 aromatic heterocycles. The highest BCUT2D eigenvalue weighted by molar-refractivity contribution is 5.88. The number of methoxy groups -OCH3 is 1. The van der Waals surface area contributed by atoms with Crippen molar-refractivity contribution >= 4 is 11.5 Å². The second-order valence-corrected chi connectivity index (χ2v) is 6.78. The zero-order valence-electron chi connectivity index (χ0n) is 15.7. The van der Waals surface area contributed by atoms with Gasteiger partial charge in [0.05, 0.1) is 30.1 Å². The summed E-state index contributed by atoms with van der Waals surface area (Å²) < 4.78 is 7.15. The van der Waals surface area contributed by atoms with Gasteiger partial charge in [-0.05, 0) is 42.3 Å². The number of aromatic carboxylic acids is 1. The highest BCUT2D eigenvalue weighted by atomic mass is 16.5. The predicted molar refractivity (Wildman–Crippen MR) is 108 cm³/mol. The van der Waals surface area contributed by atoms with Crippen molar-refractivity contribution in [1.29, 1.82) is 0 Å². The van der Waals surface area contributed by atoms with Gasteiger partial charge in [-0.15, -0.1) is 0 Å². The number of pyridine rings is 1. The summed E-state index contributed by atoms with van der Waals surface area (Å²) in [4.78, 5) is 11.4. The molecule has 5 heteroatoms. The average molecular weight is 372 g/mol. The number of hydrogen-bond acceptors (Lipinski definition) is 3. The summed E-state index contributed by atoms with van der Waals surface area (Å²) >= 11 is 0. The highest BCUT2D eigenvalue weighted by Crippen LogP contribution is 2.30. The van der Waals surface area contributed by atoms with Crippen LogP contribution in [0, 0.1) is 6.92 Å². The number of ether oxygens (including phenoxy) is 1. The molecule has 0 amide bonds. The number of aromatic nitrogens is 2. The van der Waals surface area contributed by atoms with Crippen LogP contribution < -0.4 is 4.74 Å². The Bertz CT molecular complexity index is 1160. The Morgan fingerprint density at radius 1 is 1.11 bits per heavy atom. The fraction of sp³-hybridized carbons (Fsp3) is 0.130. The van der Waals surface area contributed by atoms with Gasteiger partial charge in [0.25, 0.3) is 0 Å². The first-order chi connectivity index (χ1) is 13.5. The second-order valence-electron chi connectivity index (χ2n) is 6.78. The Hall–Kier alpha value is -3.60. The van der Waals surface area contributed by atoms with Gasteiger partial charge in [-0.1, -0.05) is 36.4 Å². The quantitative estimate of drug-likeness (QED) is 0.556. The fourth-order valence-electron chi connectivity index (χ4n) is 3.50. The molecular formula is C23H20N2O3. The van der Waals surface area contributed by atoms with E-state index < -0.39 is 5.97 Å². The van der Waals surface area contributed by atoms with Gasteiger partial charge in [0.1, 0.15) is 5.75 Å². The number of hydrogen-bond donors (Lipinski definition) is 1. The van der Waals surface area contributed by atoms with Gasteiger partial charge in [0.15, 0.2) is 0 Å². The minimum Gasteiger partial charge on any atom is -0.495 e. The Balaban J connectivity index is 1.89. The maximum Gasteiger partial charge on any atom is 0.335 e. The van der Waals surface area contributed by atoms with E-state index in [2.05, 4.69) is 0 Å². The fourth-order valence-corrected chi connectivity index (χ4v) is 3.50. The van der Waals surface area contributed by atoms with Crippen LogP contribution in [0.4, 0.5) is 0 Å². The minimum atomic E-state index is -0.919. The van der Waals surface area contributed by atoms with Crippen LogP contribution in [-0.4, -0.2) is 27.8 Å². The van der Waals surface area contributed by atoms with Gasteiger partial charge in [-0.3, -0.25) is 0 Å². The van der Waals surface area contributed by atoms with Crippen molar-refractivity contribution in [3.05, 3.63) is 89.1 Å². The monoisotopic (exact) mass is 372 g/mol. The van der Waals surface area contributed by atoms with E-state index >= 15 is 0 Å². The first kappa shape index (κ1) is 17.8. The topological polar surface area (TPSA) is 63.8 Å².